The van der Waals surface area contributed by atoms with Crippen LogP contribution in [-0.2, 0) is 14.1 Å². The predicted octanol–water partition coefficient (Wildman–Crippen LogP) is 3.96. The summed E-state index contributed by atoms with van der Waals surface area (Å²) in [5, 5.41) is 9.74. The largest absolute Gasteiger partial charge is 0.504 e. The molecule has 1 N–H and O–H groups in total. The molecule has 0 atom stereocenters. The van der Waals surface area contributed by atoms with Gasteiger partial charge in [-0.1, -0.05) is 17.8 Å². The van der Waals surface area contributed by atoms with Crippen LogP contribution in [0.1, 0.15) is 40.2 Å². The van der Waals surface area contributed by atoms with Crippen molar-refractivity contribution in [2.75, 3.05) is 5.75 Å². The Kier molecular flexibility index (Phi) is 5.66. The standard InChI is InChI=1S/C17H21BF2O4S/c1-10(21)25-9-12(18-23-16(2,3)17(4,5)24-18)6-11-7-13(19)8-14(20)15(11)22/h6-8,22H,9H2,1-5H3. The van der Waals surface area contributed by atoms with Gasteiger partial charge in [0.2, 0.25) is 0 Å². The van der Waals surface area contributed by atoms with E-state index in [-0.39, 0.29) is 16.4 Å². The smallest absolute Gasteiger partial charge is 0.491 e. The van der Waals surface area contributed by atoms with E-state index in [0.717, 1.165) is 17.8 Å². The number of hydrogen-bond donors (Lipinski definition) is 1. The third-order valence-electron chi connectivity index (χ3n) is 4.40. The third-order valence-corrected chi connectivity index (χ3v) is 5.28. The Morgan fingerprint density at radius 1 is 1.24 bits per heavy atom. The van der Waals surface area contributed by atoms with Crippen molar-refractivity contribution < 1.29 is 28.0 Å². The van der Waals surface area contributed by atoms with E-state index in [1.54, 1.807) is 0 Å². The molecule has 1 aliphatic heterocycles. The Morgan fingerprint density at radius 3 is 2.32 bits per heavy atom. The molecule has 1 saturated heterocycles. The minimum Gasteiger partial charge on any atom is -0.504 e. The van der Waals surface area contributed by atoms with Crippen molar-refractivity contribution in [1.29, 1.82) is 0 Å². The number of carbonyl (C=O) groups excluding carboxylic acids is 1. The van der Waals surface area contributed by atoms with Crippen LogP contribution in [0.15, 0.2) is 17.6 Å². The minimum absolute atomic E-state index is 0.0358. The fraction of sp³-hybridized carbons (Fsp3) is 0.471. The van der Waals surface area contributed by atoms with Crippen molar-refractivity contribution in [3.63, 3.8) is 0 Å². The van der Waals surface area contributed by atoms with Gasteiger partial charge in [-0.15, -0.1) is 0 Å². The second kappa shape index (κ2) is 7.09. The number of benzene rings is 1. The van der Waals surface area contributed by atoms with E-state index < -0.39 is 35.7 Å². The fourth-order valence-electron chi connectivity index (χ4n) is 2.25. The molecule has 136 valence electrons. The van der Waals surface area contributed by atoms with Gasteiger partial charge < -0.3 is 14.4 Å². The van der Waals surface area contributed by atoms with E-state index in [1.807, 2.05) is 27.7 Å². The van der Waals surface area contributed by atoms with Gasteiger partial charge in [-0.05, 0) is 39.2 Å². The SMILES string of the molecule is CC(=O)SCC(=Cc1cc(F)cc(F)c1O)B1OC(C)(C)C(C)(C)O1. The Balaban J connectivity index is 2.42. The molecule has 1 heterocycles. The maximum Gasteiger partial charge on any atom is 0.491 e. The Hall–Kier alpha value is -1.38. The van der Waals surface area contributed by atoms with Crippen molar-refractivity contribution in [1.82, 2.24) is 0 Å². The van der Waals surface area contributed by atoms with E-state index >= 15 is 0 Å². The summed E-state index contributed by atoms with van der Waals surface area (Å²) in [6, 6.07) is 1.62. The van der Waals surface area contributed by atoms with Crippen LogP contribution in [0.2, 0.25) is 0 Å². The van der Waals surface area contributed by atoms with Gasteiger partial charge in [-0.3, -0.25) is 4.79 Å². The average molecular weight is 370 g/mol. The molecule has 25 heavy (non-hydrogen) atoms. The first-order chi connectivity index (χ1) is 11.4. The third kappa shape index (κ3) is 4.43. The highest BCUT2D eigenvalue weighted by atomic mass is 32.2. The zero-order valence-corrected chi connectivity index (χ0v) is 15.7. The Labute approximate surface area is 150 Å². The molecule has 2 rings (SSSR count). The normalized spacial score (nSPS) is 19.3. The van der Waals surface area contributed by atoms with E-state index in [2.05, 4.69) is 0 Å². The number of thioether (sulfide) groups is 1. The quantitative estimate of drug-likeness (QED) is 0.813. The Morgan fingerprint density at radius 2 is 1.80 bits per heavy atom. The molecule has 0 radical (unpaired) electrons. The number of phenolic OH excluding ortho intramolecular Hbond substituents is 1. The first-order valence-electron chi connectivity index (χ1n) is 7.80. The summed E-state index contributed by atoms with van der Waals surface area (Å²) in [6.07, 6.45) is 1.40. The molecule has 8 heteroatoms. The average Bonchev–Trinajstić information content (AvgIpc) is 2.68. The van der Waals surface area contributed by atoms with Crippen LogP contribution in [-0.4, -0.2) is 34.3 Å². The van der Waals surface area contributed by atoms with Crippen LogP contribution in [0.5, 0.6) is 5.75 Å². The first kappa shape index (κ1) is 19.9. The molecule has 0 unspecified atom stereocenters. The summed E-state index contributed by atoms with van der Waals surface area (Å²) < 4.78 is 39.0. The van der Waals surface area contributed by atoms with Gasteiger partial charge in [0.25, 0.3) is 0 Å². The molecule has 1 fully saturated rings. The van der Waals surface area contributed by atoms with Crippen LogP contribution in [0.25, 0.3) is 6.08 Å². The van der Waals surface area contributed by atoms with Gasteiger partial charge >= 0.3 is 7.12 Å². The molecular formula is C17H21BF2O4S. The van der Waals surface area contributed by atoms with Gasteiger partial charge in [-0.2, -0.15) is 0 Å². The fourth-order valence-corrected chi connectivity index (χ4v) is 2.84. The van der Waals surface area contributed by atoms with Crippen molar-refractivity contribution in [2.24, 2.45) is 0 Å². The first-order valence-corrected chi connectivity index (χ1v) is 8.79. The Bertz CT molecular complexity index is 703. The van der Waals surface area contributed by atoms with Gasteiger partial charge in [-0.25, -0.2) is 8.78 Å². The topological polar surface area (TPSA) is 55.8 Å². The lowest BCUT2D eigenvalue weighted by molar-refractivity contribution is -0.109. The van der Waals surface area contributed by atoms with Crippen molar-refractivity contribution in [3.8, 4) is 5.75 Å². The summed E-state index contributed by atoms with van der Waals surface area (Å²) >= 11 is 1.02. The molecular weight excluding hydrogens is 349 g/mol. The summed E-state index contributed by atoms with van der Waals surface area (Å²) in [5.41, 5.74) is -0.745. The second-order valence-electron chi connectivity index (χ2n) is 6.91. The van der Waals surface area contributed by atoms with Crippen LogP contribution >= 0.6 is 11.8 Å². The maximum atomic E-state index is 13.6. The zero-order valence-electron chi connectivity index (χ0n) is 14.9. The highest BCUT2D eigenvalue weighted by molar-refractivity contribution is 8.13. The van der Waals surface area contributed by atoms with Crippen molar-refractivity contribution in [3.05, 3.63) is 34.8 Å². The second-order valence-corrected chi connectivity index (χ2v) is 8.07. The number of carbonyl (C=O) groups is 1. The van der Waals surface area contributed by atoms with Crippen molar-refractivity contribution in [2.45, 2.75) is 45.8 Å². The molecule has 0 bridgehead atoms. The summed E-state index contributed by atoms with van der Waals surface area (Å²) in [7, 11) is -0.789. The molecule has 0 spiro atoms. The monoisotopic (exact) mass is 370 g/mol. The number of aromatic hydroxyl groups is 1. The number of rotatable bonds is 4. The number of phenols is 1. The highest BCUT2D eigenvalue weighted by Crippen LogP contribution is 2.40. The molecule has 0 saturated carbocycles. The molecule has 1 aromatic rings. The maximum absolute atomic E-state index is 13.6. The zero-order chi connectivity index (χ0) is 19.0. The van der Waals surface area contributed by atoms with Gasteiger partial charge in [0, 0.05) is 24.3 Å². The molecule has 4 nitrogen and oxygen atoms in total. The van der Waals surface area contributed by atoms with Gasteiger partial charge in [0.1, 0.15) is 5.82 Å². The lowest BCUT2D eigenvalue weighted by atomic mass is 9.78. The lowest BCUT2D eigenvalue weighted by Gasteiger charge is -2.32. The molecule has 1 aromatic carbocycles. The van der Waals surface area contributed by atoms with Crippen LogP contribution in [0, 0.1) is 11.6 Å². The number of halogens is 2. The van der Waals surface area contributed by atoms with E-state index in [0.29, 0.717) is 11.5 Å². The van der Waals surface area contributed by atoms with E-state index in [1.165, 1.54) is 13.0 Å². The highest BCUT2D eigenvalue weighted by Gasteiger charge is 2.52. The summed E-state index contributed by atoms with van der Waals surface area (Å²) in [6.45, 7) is 8.93. The molecule has 1 aliphatic rings. The molecule has 0 aliphatic carbocycles. The van der Waals surface area contributed by atoms with Crippen LogP contribution in [0.3, 0.4) is 0 Å². The van der Waals surface area contributed by atoms with Gasteiger partial charge in [0.15, 0.2) is 16.7 Å². The summed E-state index contributed by atoms with van der Waals surface area (Å²) in [4.78, 5) is 11.3. The van der Waals surface area contributed by atoms with Crippen LogP contribution in [0.4, 0.5) is 8.78 Å². The molecule has 0 aromatic heterocycles. The molecule has 0 amide bonds. The van der Waals surface area contributed by atoms with Crippen molar-refractivity contribution >= 4 is 30.1 Å². The van der Waals surface area contributed by atoms with E-state index in [9.17, 15) is 18.7 Å². The van der Waals surface area contributed by atoms with Gasteiger partial charge in [0.05, 0.1) is 11.2 Å². The predicted molar refractivity (Wildman–Crippen MR) is 95.2 cm³/mol. The minimum atomic E-state index is -1.06. The summed E-state index contributed by atoms with van der Waals surface area (Å²) in [5.74, 6) is -2.32. The number of hydrogen-bond acceptors (Lipinski definition) is 5. The van der Waals surface area contributed by atoms with E-state index in [4.69, 9.17) is 9.31 Å². The lowest BCUT2D eigenvalue weighted by Crippen LogP contribution is -2.41. The van der Waals surface area contributed by atoms with Crippen LogP contribution < -0.4 is 0 Å².